The van der Waals surface area contributed by atoms with Gasteiger partial charge in [0.1, 0.15) is 5.76 Å². The average Bonchev–Trinajstić information content (AvgIpc) is 3.14. The van der Waals surface area contributed by atoms with Crippen molar-refractivity contribution < 1.29 is 17.9 Å². The van der Waals surface area contributed by atoms with Gasteiger partial charge in [-0.1, -0.05) is 11.2 Å². The Balaban J connectivity index is 2.03. The molecule has 1 unspecified atom stereocenters. The Kier molecular flexibility index (Phi) is 4.14. The maximum Gasteiger partial charge on any atom is 0.270 e. The van der Waals surface area contributed by atoms with Crippen LogP contribution >= 0.6 is 0 Å². The van der Waals surface area contributed by atoms with E-state index in [4.69, 9.17) is 4.52 Å². The number of aryl methyl sites for hydroxylation is 2. The Morgan fingerprint density at radius 3 is 2.75 bits per heavy atom. The fourth-order valence-corrected chi connectivity index (χ4v) is 4.88. The summed E-state index contributed by atoms with van der Waals surface area (Å²) < 4.78 is 32.5. The topological polar surface area (TPSA) is 107 Å². The third kappa shape index (κ3) is 2.69. The number of nitro benzene ring substituents is 1. The highest BCUT2D eigenvalue weighted by Crippen LogP contribution is 2.39. The summed E-state index contributed by atoms with van der Waals surface area (Å²) in [7, 11) is -3.84. The van der Waals surface area contributed by atoms with Gasteiger partial charge in [0.05, 0.1) is 21.6 Å². The van der Waals surface area contributed by atoms with E-state index in [-0.39, 0.29) is 16.6 Å². The first kappa shape index (κ1) is 16.6. The number of hydrogen-bond acceptors (Lipinski definition) is 6. The molecule has 0 saturated carbocycles. The highest BCUT2D eigenvalue weighted by atomic mass is 32.2. The fourth-order valence-electron chi connectivity index (χ4n) is 3.18. The van der Waals surface area contributed by atoms with Gasteiger partial charge in [0.15, 0.2) is 0 Å². The Morgan fingerprint density at radius 2 is 2.12 bits per heavy atom. The van der Waals surface area contributed by atoms with Crippen molar-refractivity contribution in [2.45, 2.75) is 37.6 Å². The standard InChI is InChI=1S/C15H17N3O5S/c1-10-15(11(2)23-16-10)14-7-4-8-17(14)24(21,22)13-6-3-5-12(9-13)18(19)20/h3,5-6,9,14H,4,7-8H2,1-2H3. The van der Waals surface area contributed by atoms with Gasteiger partial charge in [-0.3, -0.25) is 10.1 Å². The summed E-state index contributed by atoms with van der Waals surface area (Å²) in [5.74, 6) is 0.596. The second-order valence-electron chi connectivity index (χ2n) is 5.77. The molecular formula is C15H17N3O5S. The molecule has 2 aromatic rings. The maximum atomic E-state index is 13.0. The van der Waals surface area contributed by atoms with Gasteiger partial charge >= 0.3 is 0 Å². The highest BCUT2D eigenvalue weighted by molar-refractivity contribution is 7.89. The van der Waals surface area contributed by atoms with E-state index in [2.05, 4.69) is 5.16 Å². The highest BCUT2D eigenvalue weighted by Gasteiger charge is 2.39. The number of aromatic nitrogens is 1. The van der Waals surface area contributed by atoms with Crippen LogP contribution in [0.15, 0.2) is 33.7 Å². The molecular weight excluding hydrogens is 334 g/mol. The smallest absolute Gasteiger partial charge is 0.270 e. The van der Waals surface area contributed by atoms with Crippen LogP contribution in [0.5, 0.6) is 0 Å². The monoisotopic (exact) mass is 351 g/mol. The summed E-state index contributed by atoms with van der Waals surface area (Å²) in [5, 5.41) is 14.8. The predicted molar refractivity (Wildman–Crippen MR) is 84.9 cm³/mol. The van der Waals surface area contributed by atoms with Crippen LogP contribution in [0.4, 0.5) is 5.69 Å². The van der Waals surface area contributed by atoms with E-state index in [1.165, 1.54) is 22.5 Å². The minimum atomic E-state index is -3.84. The summed E-state index contributed by atoms with van der Waals surface area (Å²) >= 11 is 0. The van der Waals surface area contributed by atoms with Crippen molar-refractivity contribution in [2.24, 2.45) is 0 Å². The molecule has 9 heteroatoms. The number of rotatable bonds is 4. The Morgan fingerprint density at radius 1 is 1.38 bits per heavy atom. The van der Waals surface area contributed by atoms with Crippen molar-refractivity contribution in [2.75, 3.05) is 6.54 Å². The minimum absolute atomic E-state index is 0.0737. The van der Waals surface area contributed by atoms with E-state index >= 15 is 0 Å². The SMILES string of the molecule is Cc1noc(C)c1C1CCCN1S(=O)(=O)c1cccc([N+](=O)[O-])c1. The van der Waals surface area contributed by atoms with Crippen LogP contribution < -0.4 is 0 Å². The number of nitro groups is 1. The number of nitrogens with zero attached hydrogens (tertiary/aromatic N) is 3. The molecule has 1 aliphatic rings. The van der Waals surface area contributed by atoms with Crippen LogP contribution in [0.1, 0.15) is 35.9 Å². The molecule has 3 rings (SSSR count). The van der Waals surface area contributed by atoms with Gasteiger partial charge in [-0.2, -0.15) is 4.31 Å². The molecule has 1 fully saturated rings. The molecule has 0 bridgehead atoms. The molecule has 1 saturated heterocycles. The third-order valence-corrected chi connectivity index (χ3v) is 6.16. The van der Waals surface area contributed by atoms with Crippen molar-refractivity contribution in [1.82, 2.24) is 9.46 Å². The zero-order valence-electron chi connectivity index (χ0n) is 13.3. The lowest BCUT2D eigenvalue weighted by molar-refractivity contribution is -0.385. The number of benzene rings is 1. The lowest BCUT2D eigenvalue weighted by Crippen LogP contribution is -2.31. The maximum absolute atomic E-state index is 13.0. The Labute approximate surface area is 139 Å². The molecule has 0 spiro atoms. The van der Waals surface area contributed by atoms with Crippen molar-refractivity contribution in [3.63, 3.8) is 0 Å². The van der Waals surface area contributed by atoms with E-state index in [0.717, 1.165) is 11.6 Å². The van der Waals surface area contributed by atoms with Gasteiger partial charge in [-0.05, 0) is 32.8 Å². The molecule has 24 heavy (non-hydrogen) atoms. The van der Waals surface area contributed by atoms with Crippen molar-refractivity contribution in [3.05, 3.63) is 51.4 Å². The Bertz CT molecular complexity index is 871. The van der Waals surface area contributed by atoms with Crippen molar-refractivity contribution >= 4 is 15.7 Å². The molecule has 8 nitrogen and oxygen atoms in total. The second-order valence-corrected chi connectivity index (χ2v) is 7.66. The Hall–Kier alpha value is -2.26. The molecule has 1 aromatic carbocycles. The first-order valence-corrected chi connectivity index (χ1v) is 8.95. The largest absolute Gasteiger partial charge is 0.361 e. The van der Waals surface area contributed by atoms with Crippen LogP contribution in [0.25, 0.3) is 0 Å². The summed E-state index contributed by atoms with van der Waals surface area (Å²) in [5.41, 5.74) is 1.20. The normalized spacial score (nSPS) is 18.8. The molecule has 1 aromatic heterocycles. The fraction of sp³-hybridized carbons (Fsp3) is 0.400. The van der Waals surface area contributed by atoms with Crippen LogP contribution in [0.2, 0.25) is 0 Å². The van der Waals surface area contributed by atoms with Crippen molar-refractivity contribution in [3.8, 4) is 0 Å². The summed E-state index contributed by atoms with van der Waals surface area (Å²) in [6.45, 7) is 3.90. The molecule has 128 valence electrons. The van der Waals surface area contributed by atoms with E-state index in [9.17, 15) is 18.5 Å². The lowest BCUT2D eigenvalue weighted by Gasteiger charge is -2.24. The predicted octanol–water partition coefficient (Wildman–Crippen LogP) is 2.73. The minimum Gasteiger partial charge on any atom is -0.361 e. The van der Waals surface area contributed by atoms with Gasteiger partial charge in [0.25, 0.3) is 5.69 Å². The first-order valence-electron chi connectivity index (χ1n) is 7.51. The first-order chi connectivity index (χ1) is 11.3. The zero-order chi connectivity index (χ0) is 17.5. The van der Waals surface area contributed by atoms with Crippen LogP contribution in [-0.2, 0) is 10.0 Å². The average molecular weight is 351 g/mol. The van der Waals surface area contributed by atoms with Gasteiger partial charge in [-0.15, -0.1) is 0 Å². The number of hydrogen-bond donors (Lipinski definition) is 0. The van der Waals surface area contributed by atoms with Crippen LogP contribution in [0.3, 0.4) is 0 Å². The molecule has 2 heterocycles. The van der Waals surface area contributed by atoms with Gasteiger partial charge < -0.3 is 4.52 Å². The molecule has 0 aliphatic carbocycles. The lowest BCUT2D eigenvalue weighted by atomic mass is 10.0. The molecule has 0 N–H and O–H groups in total. The zero-order valence-corrected chi connectivity index (χ0v) is 14.1. The van der Waals surface area contributed by atoms with Gasteiger partial charge in [-0.25, -0.2) is 8.42 Å². The van der Waals surface area contributed by atoms with Crippen molar-refractivity contribution in [1.29, 1.82) is 0 Å². The summed E-state index contributed by atoms with van der Waals surface area (Å²) in [6.07, 6.45) is 1.37. The van der Waals surface area contributed by atoms with E-state index in [0.29, 0.717) is 30.8 Å². The quantitative estimate of drug-likeness (QED) is 0.619. The third-order valence-electron chi connectivity index (χ3n) is 4.26. The van der Waals surface area contributed by atoms with E-state index < -0.39 is 14.9 Å². The molecule has 1 aliphatic heterocycles. The number of non-ortho nitro benzene ring substituents is 1. The summed E-state index contributed by atoms with van der Waals surface area (Å²) in [4.78, 5) is 10.2. The molecule has 1 atom stereocenters. The van der Waals surface area contributed by atoms with Gasteiger partial charge in [0, 0.05) is 24.2 Å². The van der Waals surface area contributed by atoms with Crippen LogP contribution in [0, 0.1) is 24.0 Å². The molecule has 0 amide bonds. The van der Waals surface area contributed by atoms with E-state index in [1.54, 1.807) is 13.8 Å². The molecule has 0 radical (unpaired) electrons. The van der Waals surface area contributed by atoms with E-state index in [1.807, 2.05) is 0 Å². The van der Waals surface area contributed by atoms with Gasteiger partial charge in [0.2, 0.25) is 10.0 Å². The summed E-state index contributed by atoms with van der Waals surface area (Å²) in [6, 6.07) is 4.77. The second kappa shape index (κ2) is 5.99. The number of sulfonamides is 1. The van der Waals surface area contributed by atoms with Crippen LogP contribution in [-0.4, -0.2) is 29.3 Å².